The molecule has 0 spiro atoms. The van der Waals surface area contributed by atoms with Crippen molar-refractivity contribution in [2.45, 2.75) is 24.0 Å². The molecule has 2 atom stereocenters. The van der Waals surface area contributed by atoms with Gasteiger partial charge in [0.25, 0.3) is 0 Å². The Labute approximate surface area is 56.3 Å². The smallest absolute Gasteiger partial charge is 0.211 e. The molecule has 1 aliphatic rings. The molecule has 1 radical (unpaired) electrons. The van der Waals surface area contributed by atoms with E-state index in [0.717, 1.165) is 12.8 Å². The number of halogens is 2. The Morgan fingerprint density at radius 1 is 1.75 bits per heavy atom. The van der Waals surface area contributed by atoms with Crippen LogP contribution in [0.1, 0.15) is 12.8 Å². The lowest BCUT2D eigenvalue weighted by Crippen LogP contribution is -2.22. The molecule has 8 heavy (non-hydrogen) atoms. The third kappa shape index (κ3) is 1.42. The largest absolute Gasteiger partial charge is 0.341 e. The molecule has 0 aromatic rings. The van der Waals surface area contributed by atoms with Crippen molar-refractivity contribution in [3.63, 3.8) is 0 Å². The maximum atomic E-state index is 12.3. The lowest BCUT2D eigenvalue weighted by molar-refractivity contribution is -0.0248. The van der Waals surface area contributed by atoms with Crippen molar-refractivity contribution < 1.29 is 9.13 Å². The fourth-order valence-corrected chi connectivity index (χ4v) is 0.992. The van der Waals surface area contributed by atoms with Gasteiger partial charge in [-0.15, -0.1) is 0 Å². The molecule has 2 unspecified atom stereocenters. The highest BCUT2D eigenvalue weighted by Gasteiger charge is 2.22. The second-order valence-corrected chi connectivity index (χ2v) is 2.92. The van der Waals surface area contributed by atoms with Crippen LogP contribution in [0.5, 0.6) is 0 Å². The van der Waals surface area contributed by atoms with Crippen molar-refractivity contribution in [3.8, 4) is 0 Å². The standard InChI is InChI=1S/C5H7BrFO/c6-4-2-1-3-8-5(4)7/h3-5H,1-2H2. The van der Waals surface area contributed by atoms with E-state index >= 15 is 0 Å². The highest BCUT2D eigenvalue weighted by molar-refractivity contribution is 9.09. The minimum Gasteiger partial charge on any atom is -0.341 e. The van der Waals surface area contributed by atoms with E-state index in [1.165, 1.54) is 6.61 Å². The molecule has 0 bridgehead atoms. The summed E-state index contributed by atoms with van der Waals surface area (Å²) in [6.07, 6.45) is 0.543. The third-order valence-electron chi connectivity index (χ3n) is 1.07. The normalized spacial score (nSPS) is 39.8. The van der Waals surface area contributed by atoms with Gasteiger partial charge in [0.2, 0.25) is 6.36 Å². The van der Waals surface area contributed by atoms with Gasteiger partial charge >= 0.3 is 0 Å². The summed E-state index contributed by atoms with van der Waals surface area (Å²) in [7, 11) is 0. The molecular weight excluding hydrogens is 175 g/mol. The zero-order valence-corrected chi connectivity index (χ0v) is 5.90. The zero-order chi connectivity index (χ0) is 5.98. The Balaban J connectivity index is 2.28. The highest BCUT2D eigenvalue weighted by Crippen LogP contribution is 2.23. The molecule has 0 aromatic carbocycles. The summed E-state index contributed by atoms with van der Waals surface area (Å²) in [4.78, 5) is -0.104. The number of rotatable bonds is 0. The van der Waals surface area contributed by atoms with Gasteiger partial charge in [0.05, 0.1) is 11.4 Å². The number of hydrogen-bond acceptors (Lipinski definition) is 1. The molecule has 0 aromatic heterocycles. The number of alkyl halides is 2. The van der Waals surface area contributed by atoms with Crippen molar-refractivity contribution in [2.24, 2.45) is 0 Å². The average molecular weight is 182 g/mol. The Hall–Kier alpha value is 0.370. The van der Waals surface area contributed by atoms with Crippen LogP contribution in [0.4, 0.5) is 4.39 Å². The predicted molar refractivity (Wildman–Crippen MR) is 32.2 cm³/mol. The van der Waals surface area contributed by atoms with Crippen LogP contribution in [0.2, 0.25) is 0 Å². The van der Waals surface area contributed by atoms with E-state index in [0.29, 0.717) is 0 Å². The van der Waals surface area contributed by atoms with Crippen molar-refractivity contribution in [1.82, 2.24) is 0 Å². The van der Waals surface area contributed by atoms with E-state index < -0.39 is 6.36 Å². The first-order valence-electron chi connectivity index (χ1n) is 2.56. The van der Waals surface area contributed by atoms with Gasteiger partial charge in [0, 0.05) is 0 Å². The van der Waals surface area contributed by atoms with Crippen molar-refractivity contribution in [1.29, 1.82) is 0 Å². The summed E-state index contributed by atoms with van der Waals surface area (Å²) in [5.41, 5.74) is 0. The van der Waals surface area contributed by atoms with Crippen LogP contribution in [-0.4, -0.2) is 11.2 Å². The lowest BCUT2D eigenvalue weighted by Gasteiger charge is -2.19. The molecule has 0 amide bonds. The van der Waals surface area contributed by atoms with Crippen molar-refractivity contribution >= 4 is 15.9 Å². The van der Waals surface area contributed by atoms with Crippen LogP contribution >= 0.6 is 15.9 Å². The first-order valence-corrected chi connectivity index (χ1v) is 3.47. The van der Waals surface area contributed by atoms with Crippen molar-refractivity contribution in [2.75, 3.05) is 0 Å². The molecule has 0 N–H and O–H groups in total. The van der Waals surface area contributed by atoms with Gasteiger partial charge in [-0.25, -0.2) is 4.39 Å². The maximum Gasteiger partial charge on any atom is 0.211 e. The lowest BCUT2D eigenvalue weighted by atomic mass is 10.2. The minimum atomic E-state index is -1.14. The summed E-state index contributed by atoms with van der Waals surface area (Å²) in [6.45, 7) is 1.52. The summed E-state index contributed by atoms with van der Waals surface area (Å²) in [6, 6.07) is 0. The SMILES string of the molecule is FC1O[CH]CCC1Br. The Morgan fingerprint density at radius 3 is 2.88 bits per heavy atom. The Morgan fingerprint density at radius 2 is 2.50 bits per heavy atom. The first kappa shape index (κ1) is 6.49. The van der Waals surface area contributed by atoms with E-state index in [1.54, 1.807) is 0 Å². The summed E-state index contributed by atoms with van der Waals surface area (Å²) >= 11 is 3.13. The molecule has 1 heterocycles. The molecule has 1 nitrogen and oxygen atoms in total. The molecule has 0 aliphatic carbocycles. The molecule has 1 aliphatic heterocycles. The van der Waals surface area contributed by atoms with E-state index in [1.807, 2.05) is 0 Å². The van der Waals surface area contributed by atoms with Gasteiger partial charge in [-0.05, 0) is 12.8 Å². The van der Waals surface area contributed by atoms with E-state index in [-0.39, 0.29) is 4.83 Å². The average Bonchev–Trinajstić information content (AvgIpc) is 1.77. The molecule has 1 fully saturated rings. The molecule has 1 rings (SSSR count). The Bertz CT molecular complexity index is 68.8. The van der Waals surface area contributed by atoms with Crippen LogP contribution in [0.15, 0.2) is 0 Å². The second kappa shape index (κ2) is 2.78. The highest BCUT2D eigenvalue weighted by atomic mass is 79.9. The summed E-state index contributed by atoms with van der Waals surface area (Å²) in [5, 5.41) is 0. The summed E-state index contributed by atoms with van der Waals surface area (Å²) in [5.74, 6) is 0. The third-order valence-corrected chi connectivity index (χ3v) is 1.94. The van der Waals surface area contributed by atoms with Gasteiger partial charge in [-0.2, -0.15) is 0 Å². The van der Waals surface area contributed by atoms with Gasteiger partial charge in [-0.1, -0.05) is 15.9 Å². The summed E-state index contributed by atoms with van der Waals surface area (Å²) < 4.78 is 16.8. The van der Waals surface area contributed by atoms with Crippen LogP contribution in [-0.2, 0) is 4.74 Å². The quantitative estimate of drug-likeness (QED) is 0.520. The van der Waals surface area contributed by atoms with E-state index in [2.05, 4.69) is 20.7 Å². The van der Waals surface area contributed by atoms with Crippen LogP contribution in [0.25, 0.3) is 0 Å². The molecule has 1 saturated heterocycles. The minimum absolute atomic E-state index is 0.104. The number of ether oxygens (including phenoxy) is 1. The van der Waals surface area contributed by atoms with Gasteiger partial charge in [0.1, 0.15) is 0 Å². The van der Waals surface area contributed by atoms with Gasteiger partial charge < -0.3 is 4.74 Å². The molecular formula is C5H7BrFO. The van der Waals surface area contributed by atoms with Gasteiger partial charge in [0.15, 0.2) is 0 Å². The fraction of sp³-hybridized carbons (Fsp3) is 0.800. The second-order valence-electron chi connectivity index (χ2n) is 1.75. The monoisotopic (exact) mass is 181 g/mol. The van der Waals surface area contributed by atoms with Crippen molar-refractivity contribution in [3.05, 3.63) is 6.61 Å². The zero-order valence-electron chi connectivity index (χ0n) is 4.31. The molecule has 3 heteroatoms. The first-order chi connectivity index (χ1) is 3.80. The maximum absolute atomic E-state index is 12.3. The van der Waals surface area contributed by atoms with E-state index in [4.69, 9.17) is 0 Å². The topological polar surface area (TPSA) is 9.23 Å². The predicted octanol–water partition coefficient (Wildman–Crippen LogP) is 2.02. The van der Waals surface area contributed by atoms with Crippen LogP contribution < -0.4 is 0 Å². The van der Waals surface area contributed by atoms with Crippen LogP contribution in [0, 0.1) is 6.61 Å². The van der Waals surface area contributed by atoms with E-state index in [9.17, 15) is 4.39 Å². The number of hydrogen-bond donors (Lipinski definition) is 0. The van der Waals surface area contributed by atoms with Crippen LogP contribution in [0.3, 0.4) is 0 Å². The Kier molecular flexibility index (Phi) is 2.26. The van der Waals surface area contributed by atoms with Gasteiger partial charge in [-0.3, -0.25) is 0 Å². The molecule has 0 saturated carbocycles. The fourth-order valence-electron chi connectivity index (χ4n) is 0.604. The molecule has 47 valence electrons.